The summed E-state index contributed by atoms with van der Waals surface area (Å²) >= 11 is 2.28. The molecule has 2 N–H and O–H groups in total. The van der Waals surface area contributed by atoms with Gasteiger partial charge in [-0.2, -0.15) is 0 Å². The van der Waals surface area contributed by atoms with Crippen molar-refractivity contribution in [2.24, 2.45) is 0 Å². The molecule has 0 heterocycles. The molecular weight excluding hydrogens is 247 g/mol. The molecule has 0 aromatic heterocycles. The Balaban J connectivity index is -0.000000245. The van der Waals surface area contributed by atoms with Gasteiger partial charge < -0.3 is 14.0 Å². The van der Waals surface area contributed by atoms with E-state index in [0.29, 0.717) is 0 Å². The van der Waals surface area contributed by atoms with Crippen LogP contribution in [0.1, 0.15) is 6.92 Å². The quantitative estimate of drug-likeness (QED) is 0.400. The number of hydrogen-bond acceptors (Lipinski definition) is 4. The molecule has 0 atom stereocenters. The summed E-state index contributed by atoms with van der Waals surface area (Å²) in [5.41, 5.74) is 0. The van der Waals surface area contributed by atoms with Gasteiger partial charge in [0.2, 0.25) is 0 Å². The molecule has 0 radical (unpaired) electrons. The van der Waals surface area contributed by atoms with E-state index in [-0.39, 0.29) is 55.1 Å². The van der Waals surface area contributed by atoms with Crippen LogP contribution in [0.5, 0.6) is 0 Å². The molecule has 58 valence electrons. The molecule has 7 heteroatoms. The third kappa shape index (κ3) is 7.77. The normalized spacial score (nSPS) is 8.80. The molecule has 0 amide bonds. The zero-order valence-electron chi connectivity index (χ0n) is 4.09. The van der Waals surface area contributed by atoms with Crippen molar-refractivity contribution in [1.82, 2.24) is 0 Å². The molecule has 0 aliphatic rings. The maximum atomic E-state index is 10.1. The van der Waals surface area contributed by atoms with Gasteiger partial charge in [-0.25, -0.2) is 4.79 Å². The van der Waals surface area contributed by atoms with Gasteiger partial charge in [0.25, 0.3) is 5.79 Å². The summed E-state index contributed by atoms with van der Waals surface area (Å²) in [6, 6.07) is 0. The number of halogens is 1. The number of carbonyl (C=O) groups excluding carboxylic acids is 1. The Morgan fingerprint density at radius 1 is 1.60 bits per heavy atom. The van der Waals surface area contributed by atoms with Crippen LogP contribution in [-0.2, 0) is 8.62 Å². The summed E-state index contributed by atoms with van der Waals surface area (Å²) < 4.78 is 3.79. The molecule has 0 bridgehead atoms. The van der Waals surface area contributed by atoms with Crippen LogP contribution in [-0.4, -0.2) is 77.1 Å². The molecule has 0 spiro atoms. The van der Waals surface area contributed by atoms with Crippen molar-refractivity contribution in [2.75, 3.05) is 0 Å². The Morgan fingerprint density at radius 2 is 1.90 bits per heavy atom. The van der Waals surface area contributed by atoms with E-state index in [1.54, 1.807) is 0 Å². The second-order valence-electron chi connectivity index (χ2n) is 1.39. The topological polar surface area (TPSA) is 66.8 Å². The van der Waals surface area contributed by atoms with Gasteiger partial charge in [-0.15, -0.1) is 0 Å². The average molecular weight is 257 g/mol. The fourth-order valence-corrected chi connectivity index (χ4v) is 0.380. The third-order valence-corrected chi connectivity index (χ3v) is 0.751. The van der Waals surface area contributed by atoms with Crippen molar-refractivity contribution in [2.45, 2.75) is 12.7 Å². The predicted molar refractivity (Wildman–Crippen MR) is 46.3 cm³/mol. The van der Waals surface area contributed by atoms with E-state index in [9.17, 15) is 4.79 Å². The molecule has 0 rings (SSSR count). The first-order valence-electron chi connectivity index (χ1n) is 1.76. The van der Waals surface area contributed by atoms with Gasteiger partial charge in [0.05, 0.1) is 0 Å². The van der Waals surface area contributed by atoms with Crippen molar-refractivity contribution in [1.29, 1.82) is 0 Å². The van der Waals surface area contributed by atoms with E-state index >= 15 is 0 Å². The molecule has 0 aliphatic carbocycles. The van der Waals surface area contributed by atoms with Crippen molar-refractivity contribution in [3.63, 3.8) is 0 Å². The van der Waals surface area contributed by atoms with Crippen molar-refractivity contribution in [3.05, 3.63) is 0 Å². The number of carbonyl (C=O) groups is 1. The standard InChI is InChI=1S/C3H5BrO4.Al.Ca.5H/c1-3(6,7)2(5)8-4;;;;;;;/h6-7H,1H3;;;;;;;. The Bertz CT molecular complexity index is 103. The summed E-state index contributed by atoms with van der Waals surface area (Å²) in [4.78, 5) is 10.1. The van der Waals surface area contributed by atoms with Crippen molar-refractivity contribution in [3.8, 4) is 0 Å². The second kappa shape index (κ2) is 7.32. The molecule has 4 nitrogen and oxygen atoms in total. The van der Waals surface area contributed by atoms with Crippen LogP contribution in [0.3, 0.4) is 0 Å². The van der Waals surface area contributed by atoms with E-state index in [2.05, 4.69) is 20.1 Å². The van der Waals surface area contributed by atoms with Crippen LogP contribution in [0, 0.1) is 0 Å². The third-order valence-electron chi connectivity index (χ3n) is 0.457. The SMILES string of the molecule is CC(O)(O)C(=O)OBr.[AlH3].[CaH2]. The van der Waals surface area contributed by atoms with E-state index in [4.69, 9.17) is 10.2 Å². The average Bonchev–Trinajstić information content (AvgIpc) is 1.62. The van der Waals surface area contributed by atoms with Gasteiger partial charge in [-0.3, -0.25) is 0 Å². The Morgan fingerprint density at radius 3 is 1.90 bits per heavy atom. The minimum atomic E-state index is -2.40. The van der Waals surface area contributed by atoms with Crippen LogP contribution in [0.25, 0.3) is 0 Å². The minimum absolute atomic E-state index is 0. The van der Waals surface area contributed by atoms with Gasteiger partial charge in [-0.05, 0) is 0 Å². The number of rotatable bonds is 1. The van der Waals surface area contributed by atoms with Gasteiger partial charge in [-0.1, -0.05) is 0 Å². The molecule has 0 unspecified atom stereocenters. The first-order valence-corrected chi connectivity index (χ1v) is 2.41. The van der Waals surface area contributed by atoms with Crippen LogP contribution < -0.4 is 0 Å². The summed E-state index contributed by atoms with van der Waals surface area (Å²) in [5.74, 6) is -3.54. The van der Waals surface area contributed by atoms with Crippen LogP contribution in [0.15, 0.2) is 0 Å². The monoisotopic (exact) mass is 256 g/mol. The van der Waals surface area contributed by atoms with Crippen LogP contribution in [0.2, 0.25) is 0 Å². The van der Waals surface area contributed by atoms with Crippen LogP contribution >= 0.6 is 16.3 Å². The first-order chi connectivity index (χ1) is 3.48. The second-order valence-corrected chi connectivity index (χ2v) is 1.71. The van der Waals surface area contributed by atoms with Gasteiger partial charge >= 0.3 is 43.7 Å². The first kappa shape index (κ1) is 17.7. The molecule has 0 saturated carbocycles. The summed E-state index contributed by atoms with van der Waals surface area (Å²) in [5, 5.41) is 16.7. The van der Waals surface area contributed by atoms with Crippen LogP contribution in [0.4, 0.5) is 0 Å². The number of hydrogen-bond donors (Lipinski definition) is 2. The van der Waals surface area contributed by atoms with Crippen molar-refractivity contribution < 1.29 is 18.8 Å². The van der Waals surface area contributed by atoms with E-state index in [1.807, 2.05) is 0 Å². The molecule has 10 heavy (non-hydrogen) atoms. The molecule has 0 aromatic carbocycles. The summed E-state index contributed by atoms with van der Waals surface area (Å²) in [7, 11) is 0. The Kier molecular flexibility index (Phi) is 12.9. The molecule has 0 aliphatic heterocycles. The van der Waals surface area contributed by atoms with Gasteiger partial charge in [0.1, 0.15) is 0 Å². The summed E-state index contributed by atoms with van der Waals surface area (Å²) in [6.45, 7) is 0.899. The zero-order chi connectivity index (χ0) is 6.78. The van der Waals surface area contributed by atoms with Gasteiger partial charge in [0.15, 0.2) is 33.6 Å². The van der Waals surface area contributed by atoms with Gasteiger partial charge in [0, 0.05) is 6.92 Å². The Hall–Kier alpha value is 1.66. The fourth-order valence-electron chi connectivity index (χ4n) is 0.0731. The molecule has 0 aromatic rings. The molecule has 0 saturated heterocycles. The molecular formula is C3H10AlBrCaO4. The van der Waals surface area contributed by atoms with E-state index in [0.717, 1.165) is 6.92 Å². The fraction of sp³-hybridized carbons (Fsp3) is 0.667. The maximum absolute atomic E-state index is 10.1. The summed E-state index contributed by atoms with van der Waals surface area (Å²) in [6.07, 6.45) is 0. The van der Waals surface area contributed by atoms with E-state index < -0.39 is 11.8 Å². The number of aliphatic hydroxyl groups is 2. The predicted octanol–water partition coefficient (Wildman–Crippen LogP) is -2.56. The Labute approximate surface area is 108 Å². The molecule has 0 fully saturated rings. The zero-order valence-corrected chi connectivity index (χ0v) is 5.67. The van der Waals surface area contributed by atoms with Crippen molar-refractivity contribution >= 4 is 77.3 Å². The van der Waals surface area contributed by atoms with E-state index in [1.165, 1.54) is 0 Å².